The van der Waals surface area contributed by atoms with Crippen LogP contribution in [0, 0.1) is 18.3 Å². The fourth-order valence-corrected chi connectivity index (χ4v) is 5.47. The standard InChI is InChI=1S/C17H23N3O2.C11H12N4O/c1-12-14(4-5-16(21-3)15(12)8-18)17-10-20-7-6-19(2)9-13(20)11-22-17;12-15-14-7-13-10-3-4-11-8(5-10)1-2-9(11)6-16/h4-5,13,17H,6-7,9-11H2,1-3H3;3-7,9H,1-2H2,(H2,12,13,14). The van der Waals surface area contributed by atoms with Crippen LogP contribution in [0.25, 0.3) is 0 Å². The average Bonchev–Trinajstić information content (AvgIpc) is 3.35. The quantitative estimate of drug-likeness (QED) is 0.161. The van der Waals surface area contributed by atoms with Gasteiger partial charge in [-0.25, -0.2) is 4.99 Å². The zero-order valence-electron chi connectivity index (χ0n) is 22.2. The number of benzene rings is 2. The maximum atomic E-state index is 10.8. The van der Waals surface area contributed by atoms with Crippen LogP contribution in [0.5, 0.6) is 5.75 Å². The maximum Gasteiger partial charge on any atom is 0.140 e. The Morgan fingerprint density at radius 2 is 2.03 bits per heavy atom. The predicted octanol–water partition coefficient (Wildman–Crippen LogP) is 3.46. The molecule has 3 atom stereocenters. The third kappa shape index (κ3) is 6.07. The molecule has 2 saturated heterocycles. The number of piperazine rings is 1. The zero-order valence-corrected chi connectivity index (χ0v) is 22.2. The van der Waals surface area contributed by atoms with Gasteiger partial charge in [-0.3, -0.25) is 4.90 Å². The largest absolute Gasteiger partial charge is 0.495 e. The molecule has 0 spiro atoms. The molecule has 5 rings (SSSR count). The predicted molar refractivity (Wildman–Crippen MR) is 145 cm³/mol. The molecule has 0 aromatic heterocycles. The number of hydrogen-bond acceptors (Lipinski definition) is 8. The molecule has 1 aliphatic carbocycles. The van der Waals surface area contributed by atoms with Gasteiger partial charge in [-0.15, -0.1) is 5.11 Å². The average molecular weight is 518 g/mol. The van der Waals surface area contributed by atoms with E-state index < -0.39 is 0 Å². The maximum absolute atomic E-state index is 10.8. The molecular weight excluding hydrogens is 482 g/mol. The Kier molecular flexibility index (Phi) is 9.18. The van der Waals surface area contributed by atoms with Crippen molar-refractivity contribution in [3.63, 3.8) is 0 Å². The van der Waals surface area contributed by atoms with Crippen LogP contribution in [0.4, 0.5) is 5.69 Å². The van der Waals surface area contributed by atoms with Crippen molar-refractivity contribution < 1.29 is 14.3 Å². The first-order valence-electron chi connectivity index (χ1n) is 12.8. The van der Waals surface area contributed by atoms with Crippen LogP contribution in [0.1, 0.15) is 46.3 Å². The van der Waals surface area contributed by atoms with Crippen molar-refractivity contribution in [1.29, 1.82) is 5.26 Å². The first kappa shape index (κ1) is 27.4. The van der Waals surface area contributed by atoms with Gasteiger partial charge in [0.2, 0.25) is 0 Å². The highest BCUT2D eigenvalue weighted by molar-refractivity contribution is 5.68. The highest BCUT2D eigenvalue weighted by Crippen LogP contribution is 2.34. The normalized spacial score (nSPS) is 23.4. The van der Waals surface area contributed by atoms with Crippen molar-refractivity contribution in [2.24, 2.45) is 21.2 Å². The number of carbonyl (C=O) groups is 1. The van der Waals surface area contributed by atoms with Crippen molar-refractivity contribution >= 4 is 18.3 Å². The Bertz CT molecular complexity index is 1240. The summed E-state index contributed by atoms with van der Waals surface area (Å²) < 4.78 is 11.4. The van der Waals surface area contributed by atoms with Gasteiger partial charge in [0.05, 0.1) is 31.1 Å². The van der Waals surface area contributed by atoms with Gasteiger partial charge in [-0.05, 0) is 67.3 Å². The van der Waals surface area contributed by atoms with Gasteiger partial charge in [0.1, 0.15) is 24.4 Å². The van der Waals surface area contributed by atoms with Crippen LogP contribution >= 0.6 is 0 Å². The summed E-state index contributed by atoms with van der Waals surface area (Å²) in [4.78, 5) is 19.7. The molecule has 0 radical (unpaired) electrons. The van der Waals surface area contributed by atoms with Crippen LogP contribution in [0.15, 0.2) is 45.7 Å². The second-order valence-electron chi connectivity index (χ2n) is 9.84. The van der Waals surface area contributed by atoms with Gasteiger partial charge in [0.15, 0.2) is 0 Å². The summed E-state index contributed by atoms with van der Waals surface area (Å²) in [5, 5.41) is 15.9. The molecule has 0 amide bonds. The van der Waals surface area contributed by atoms with Crippen LogP contribution in [0.2, 0.25) is 0 Å². The van der Waals surface area contributed by atoms with Crippen molar-refractivity contribution in [2.45, 2.75) is 37.8 Å². The molecule has 200 valence electrons. The van der Waals surface area contributed by atoms with E-state index in [1.165, 1.54) is 11.9 Å². The van der Waals surface area contributed by atoms with Gasteiger partial charge in [-0.1, -0.05) is 17.4 Å². The summed E-state index contributed by atoms with van der Waals surface area (Å²) in [6.45, 7) is 6.89. The molecule has 2 fully saturated rings. The highest BCUT2D eigenvalue weighted by Gasteiger charge is 2.34. The lowest BCUT2D eigenvalue weighted by atomic mass is 9.96. The van der Waals surface area contributed by atoms with E-state index >= 15 is 0 Å². The number of aryl methyl sites for hydroxylation is 1. The van der Waals surface area contributed by atoms with Crippen molar-refractivity contribution in [3.8, 4) is 11.8 Å². The third-order valence-electron chi connectivity index (χ3n) is 7.59. The van der Waals surface area contributed by atoms with Crippen molar-refractivity contribution in [3.05, 3.63) is 58.1 Å². The van der Waals surface area contributed by atoms with Gasteiger partial charge in [0, 0.05) is 38.1 Å². The Morgan fingerprint density at radius 3 is 2.76 bits per heavy atom. The molecule has 2 aliphatic heterocycles. The topological polar surface area (TPSA) is 129 Å². The van der Waals surface area contributed by atoms with E-state index in [0.717, 1.165) is 74.3 Å². The molecular formula is C28H35N7O3. The van der Waals surface area contributed by atoms with E-state index in [1.807, 2.05) is 37.3 Å². The molecule has 10 heteroatoms. The summed E-state index contributed by atoms with van der Waals surface area (Å²) >= 11 is 0. The molecule has 2 aromatic carbocycles. The van der Waals surface area contributed by atoms with Crippen molar-refractivity contribution in [2.75, 3.05) is 46.9 Å². The molecule has 2 heterocycles. The molecule has 3 unspecified atom stereocenters. The molecule has 2 aromatic rings. The van der Waals surface area contributed by atoms with Gasteiger partial charge >= 0.3 is 0 Å². The van der Waals surface area contributed by atoms with Crippen LogP contribution in [-0.2, 0) is 16.0 Å². The second-order valence-corrected chi connectivity index (χ2v) is 9.84. The summed E-state index contributed by atoms with van der Waals surface area (Å²) in [6.07, 6.45) is 4.18. The lowest BCUT2D eigenvalue weighted by molar-refractivity contribution is -0.109. The van der Waals surface area contributed by atoms with E-state index in [-0.39, 0.29) is 12.0 Å². The number of morpholine rings is 1. The number of likely N-dealkylation sites (N-methyl/N-ethyl adjacent to an activating group) is 1. The minimum atomic E-state index is 0.0395. The number of carbonyl (C=O) groups excluding carboxylic acids is 1. The fourth-order valence-electron chi connectivity index (χ4n) is 5.47. The third-order valence-corrected chi connectivity index (χ3v) is 7.59. The van der Waals surface area contributed by atoms with E-state index in [0.29, 0.717) is 17.4 Å². The first-order valence-corrected chi connectivity index (χ1v) is 12.8. The van der Waals surface area contributed by atoms with E-state index in [1.54, 1.807) is 7.11 Å². The van der Waals surface area contributed by atoms with E-state index in [9.17, 15) is 10.1 Å². The lowest BCUT2D eigenvalue weighted by Crippen LogP contribution is -2.57. The summed E-state index contributed by atoms with van der Waals surface area (Å²) in [7, 11) is 3.76. The molecule has 2 N–H and O–H groups in total. The Morgan fingerprint density at radius 1 is 1.21 bits per heavy atom. The molecule has 38 heavy (non-hydrogen) atoms. The van der Waals surface area contributed by atoms with Gasteiger partial charge < -0.3 is 25.0 Å². The van der Waals surface area contributed by atoms with Crippen molar-refractivity contribution in [1.82, 2.24) is 9.80 Å². The van der Waals surface area contributed by atoms with Crippen LogP contribution < -0.4 is 10.6 Å². The second kappa shape index (κ2) is 12.7. The molecule has 0 saturated carbocycles. The monoisotopic (exact) mass is 517 g/mol. The zero-order chi connectivity index (χ0) is 27.1. The Hall–Kier alpha value is -3.65. The number of nitrogens with two attached hydrogens (primary N) is 1. The number of aliphatic imine (C=N–C) groups is 1. The number of ether oxygens (including phenoxy) is 2. The summed E-state index contributed by atoms with van der Waals surface area (Å²) in [5.41, 5.74) is 5.81. The minimum Gasteiger partial charge on any atom is -0.495 e. The molecule has 0 bridgehead atoms. The highest BCUT2D eigenvalue weighted by atomic mass is 16.5. The SMILES string of the molecule is COc1ccc(C2CN3CCN(C)CC3CO2)c(C)c1C#N.NN=NC=Nc1ccc2c(c1)CCC2C=O. The van der Waals surface area contributed by atoms with E-state index in [2.05, 4.69) is 38.2 Å². The molecule has 10 nitrogen and oxygen atoms in total. The van der Waals surface area contributed by atoms with Gasteiger partial charge in [0.25, 0.3) is 0 Å². The Labute approximate surface area is 223 Å². The number of hydrogen-bond donors (Lipinski definition) is 1. The first-order chi connectivity index (χ1) is 18.5. The van der Waals surface area contributed by atoms with Crippen LogP contribution in [-0.4, -0.2) is 75.4 Å². The van der Waals surface area contributed by atoms with Gasteiger partial charge in [-0.2, -0.15) is 5.26 Å². The smallest absolute Gasteiger partial charge is 0.140 e. The lowest BCUT2D eigenvalue weighted by Gasteiger charge is -2.45. The minimum absolute atomic E-state index is 0.0395. The number of fused-ring (bicyclic) bond motifs is 2. The number of nitrogens with zero attached hydrogens (tertiary/aromatic N) is 6. The summed E-state index contributed by atoms with van der Waals surface area (Å²) in [5.74, 6) is 5.54. The number of rotatable bonds is 5. The molecule has 3 aliphatic rings. The van der Waals surface area contributed by atoms with E-state index in [4.69, 9.17) is 15.3 Å². The number of aldehydes is 1. The Balaban J connectivity index is 0.000000186. The number of nitriles is 1. The van der Waals surface area contributed by atoms with Crippen LogP contribution in [0.3, 0.4) is 0 Å². The summed E-state index contributed by atoms with van der Waals surface area (Å²) in [6, 6.07) is 12.4. The number of methoxy groups -OCH3 is 1. The fraction of sp³-hybridized carbons (Fsp3) is 0.464.